The summed E-state index contributed by atoms with van der Waals surface area (Å²) in [5.41, 5.74) is 0.744. The molecule has 1 fully saturated rings. The molecule has 0 unspecified atom stereocenters. The molecule has 1 aromatic carbocycles. The van der Waals surface area contributed by atoms with Crippen molar-refractivity contribution in [1.82, 2.24) is 4.90 Å². The molecule has 0 N–H and O–H groups in total. The third kappa shape index (κ3) is 3.75. The molecule has 2 rings (SSSR count). The predicted molar refractivity (Wildman–Crippen MR) is 84.7 cm³/mol. The molecule has 0 bridgehead atoms. The van der Waals surface area contributed by atoms with Gasteiger partial charge in [-0.05, 0) is 57.4 Å². The van der Waals surface area contributed by atoms with Crippen LogP contribution in [0.3, 0.4) is 0 Å². The quantitative estimate of drug-likeness (QED) is 0.736. The highest BCUT2D eigenvalue weighted by Gasteiger charge is 2.28. The van der Waals surface area contributed by atoms with Gasteiger partial charge < -0.3 is 9.64 Å². The van der Waals surface area contributed by atoms with Crippen LogP contribution in [0.1, 0.15) is 43.5 Å². The first-order chi connectivity index (χ1) is 9.61. The number of alkyl halides is 1. The van der Waals surface area contributed by atoms with Crippen LogP contribution in [0.15, 0.2) is 24.3 Å². The number of carbonyl (C=O) groups is 1. The first kappa shape index (κ1) is 15.4. The van der Waals surface area contributed by atoms with Crippen LogP contribution in [-0.4, -0.2) is 34.8 Å². The topological polar surface area (TPSA) is 29.5 Å². The third-order valence-electron chi connectivity index (χ3n) is 3.57. The fourth-order valence-electron chi connectivity index (χ4n) is 2.35. The van der Waals surface area contributed by atoms with Gasteiger partial charge in [0.05, 0.1) is 6.10 Å². The molecule has 0 spiro atoms. The van der Waals surface area contributed by atoms with Crippen LogP contribution in [0.4, 0.5) is 0 Å². The lowest BCUT2D eigenvalue weighted by atomic mass is 9.91. The van der Waals surface area contributed by atoms with Crippen LogP contribution < -0.4 is 4.74 Å². The van der Waals surface area contributed by atoms with Gasteiger partial charge in [0.25, 0.3) is 5.91 Å². The van der Waals surface area contributed by atoms with Gasteiger partial charge in [0.1, 0.15) is 5.75 Å². The minimum atomic E-state index is 0.130. The molecule has 0 atom stereocenters. The second kappa shape index (κ2) is 7.11. The Morgan fingerprint density at radius 2 is 2.00 bits per heavy atom. The highest BCUT2D eigenvalue weighted by Crippen LogP contribution is 2.26. The smallest absolute Gasteiger partial charge is 0.254 e. The van der Waals surface area contributed by atoms with E-state index in [-0.39, 0.29) is 12.0 Å². The zero-order chi connectivity index (χ0) is 14.5. The van der Waals surface area contributed by atoms with E-state index in [4.69, 9.17) is 4.74 Å². The zero-order valence-electron chi connectivity index (χ0n) is 12.1. The van der Waals surface area contributed by atoms with Crippen molar-refractivity contribution in [2.24, 2.45) is 0 Å². The molecule has 0 aliphatic heterocycles. The Kier molecular flexibility index (Phi) is 5.46. The van der Waals surface area contributed by atoms with Crippen LogP contribution in [-0.2, 0) is 0 Å². The molecule has 1 saturated carbocycles. The summed E-state index contributed by atoms with van der Waals surface area (Å²) in [5.74, 6) is 0.942. The van der Waals surface area contributed by atoms with E-state index in [1.54, 1.807) is 0 Å². The van der Waals surface area contributed by atoms with Crippen molar-refractivity contribution >= 4 is 21.8 Å². The summed E-state index contributed by atoms with van der Waals surface area (Å²) in [5, 5.41) is 0.823. The first-order valence-corrected chi connectivity index (χ1v) is 8.37. The van der Waals surface area contributed by atoms with Gasteiger partial charge in [-0.15, -0.1) is 0 Å². The lowest BCUT2D eigenvalue weighted by Gasteiger charge is -2.37. The van der Waals surface area contributed by atoms with Crippen molar-refractivity contribution in [2.45, 2.75) is 45.3 Å². The van der Waals surface area contributed by atoms with E-state index in [1.165, 1.54) is 6.42 Å². The molecule has 0 heterocycles. The fraction of sp³-hybridized carbons (Fsp3) is 0.562. The van der Waals surface area contributed by atoms with Crippen LogP contribution in [0.2, 0.25) is 0 Å². The van der Waals surface area contributed by atoms with E-state index in [0.717, 1.165) is 36.0 Å². The van der Waals surface area contributed by atoms with Crippen molar-refractivity contribution in [2.75, 3.05) is 11.9 Å². The normalized spacial score (nSPS) is 15.0. The number of halogens is 1. The average Bonchev–Trinajstić information content (AvgIpc) is 2.35. The largest absolute Gasteiger partial charge is 0.491 e. The summed E-state index contributed by atoms with van der Waals surface area (Å²) in [6.07, 6.45) is 3.65. The summed E-state index contributed by atoms with van der Waals surface area (Å²) in [7, 11) is 0. The Hall–Kier alpha value is -1.03. The number of rotatable bonds is 6. The Morgan fingerprint density at radius 1 is 1.35 bits per heavy atom. The highest BCUT2D eigenvalue weighted by atomic mass is 79.9. The monoisotopic (exact) mass is 339 g/mol. The minimum Gasteiger partial charge on any atom is -0.491 e. The summed E-state index contributed by atoms with van der Waals surface area (Å²) < 4.78 is 5.60. The molecule has 4 heteroatoms. The van der Waals surface area contributed by atoms with Crippen LogP contribution in [0.5, 0.6) is 5.75 Å². The lowest BCUT2D eigenvalue weighted by Crippen LogP contribution is -2.45. The summed E-state index contributed by atoms with van der Waals surface area (Å²) in [6.45, 7) is 4.76. The SMILES string of the molecule is CC(C)Oc1ccc(C(=O)N(CCBr)C2CCC2)cc1. The van der Waals surface area contributed by atoms with Crippen molar-refractivity contribution in [3.63, 3.8) is 0 Å². The van der Waals surface area contributed by atoms with Crippen molar-refractivity contribution < 1.29 is 9.53 Å². The maximum Gasteiger partial charge on any atom is 0.254 e. The van der Waals surface area contributed by atoms with Gasteiger partial charge in [0, 0.05) is 23.5 Å². The van der Waals surface area contributed by atoms with Gasteiger partial charge in [-0.1, -0.05) is 15.9 Å². The molecule has 1 aliphatic carbocycles. The Bertz CT molecular complexity index is 440. The summed E-state index contributed by atoms with van der Waals surface area (Å²) in [6, 6.07) is 7.90. The number of benzene rings is 1. The molecular formula is C16H22BrNO2. The molecular weight excluding hydrogens is 318 g/mol. The molecule has 1 aromatic rings. The maximum atomic E-state index is 12.6. The van der Waals surface area contributed by atoms with Gasteiger partial charge >= 0.3 is 0 Å². The Morgan fingerprint density at radius 3 is 2.45 bits per heavy atom. The van der Waals surface area contributed by atoms with E-state index < -0.39 is 0 Å². The fourth-order valence-corrected chi connectivity index (χ4v) is 2.74. The molecule has 110 valence electrons. The second-order valence-corrected chi connectivity index (χ2v) is 6.26. The summed E-state index contributed by atoms with van der Waals surface area (Å²) in [4.78, 5) is 14.6. The standard InChI is InChI=1S/C16H22BrNO2/c1-12(2)20-15-8-6-13(7-9-15)16(19)18(11-10-17)14-4-3-5-14/h6-9,12,14H,3-5,10-11H2,1-2H3. The van der Waals surface area contributed by atoms with Crippen molar-refractivity contribution in [3.8, 4) is 5.75 Å². The minimum absolute atomic E-state index is 0.130. The van der Waals surface area contributed by atoms with Crippen LogP contribution in [0, 0.1) is 0 Å². The van der Waals surface area contributed by atoms with Crippen LogP contribution in [0.25, 0.3) is 0 Å². The summed E-state index contributed by atoms with van der Waals surface area (Å²) >= 11 is 3.44. The van der Waals surface area contributed by atoms with Crippen LogP contribution >= 0.6 is 15.9 Å². The van der Waals surface area contributed by atoms with Gasteiger partial charge in [-0.2, -0.15) is 0 Å². The lowest BCUT2D eigenvalue weighted by molar-refractivity contribution is 0.0599. The molecule has 0 aromatic heterocycles. The van der Waals surface area contributed by atoms with Gasteiger partial charge in [-0.3, -0.25) is 4.79 Å². The van der Waals surface area contributed by atoms with E-state index in [9.17, 15) is 4.79 Å². The number of nitrogens with zero attached hydrogens (tertiary/aromatic N) is 1. The van der Waals surface area contributed by atoms with Crippen molar-refractivity contribution in [3.05, 3.63) is 29.8 Å². The molecule has 1 aliphatic rings. The number of amides is 1. The van der Waals surface area contributed by atoms with E-state index in [2.05, 4.69) is 15.9 Å². The Labute approximate surface area is 129 Å². The second-order valence-electron chi connectivity index (χ2n) is 5.46. The molecule has 1 amide bonds. The number of hydrogen-bond donors (Lipinski definition) is 0. The van der Waals surface area contributed by atoms with E-state index >= 15 is 0 Å². The average molecular weight is 340 g/mol. The number of ether oxygens (including phenoxy) is 1. The number of carbonyl (C=O) groups excluding carboxylic acids is 1. The first-order valence-electron chi connectivity index (χ1n) is 7.25. The molecule has 20 heavy (non-hydrogen) atoms. The predicted octanol–water partition coefficient (Wildman–Crippen LogP) is 3.86. The molecule has 3 nitrogen and oxygen atoms in total. The number of hydrogen-bond acceptors (Lipinski definition) is 2. The van der Waals surface area contributed by atoms with Gasteiger partial charge in [-0.25, -0.2) is 0 Å². The Balaban J connectivity index is 2.06. The molecule has 0 radical (unpaired) electrons. The van der Waals surface area contributed by atoms with Gasteiger partial charge in [0.15, 0.2) is 0 Å². The van der Waals surface area contributed by atoms with Crippen molar-refractivity contribution in [1.29, 1.82) is 0 Å². The highest BCUT2D eigenvalue weighted by molar-refractivity contribution is 9.09. The molecule has 0 saturated heterocycles. The van der Waals surface area contributed by atoms with Gasteiger partial charge in [0.2, 0.25) is 0 Å². The third-order valence-corrected chi connectivity index (χ3v) is 3.93. The zero-order valence-corrected chi connectivity index (χ0v) is 13.7. The van der Waals surface area contributed by atoms with E-state index in [1.807, 2.05) is 43.0 Å². The van der Waals surface area contributed by atoms with E-state index in [0.29, 0.717) is 6.04 Å². The maximum absolute atomic E-state index is 12.6.